The van der Waals surface area contributed by atoms with E-state index in [1.54, 1.807) is 0 Å². The van der Waals surface area contributed by atoms with E-state index in [-0.39, 0.29) is 26.9 Å². The van der Waals surface area contributed by atoms with Gasteiger partial charge in [-0.1, -0.05) is 29.3 Å². The predicted octanol–water partition coefficient (Wildman–Crippen LogP) is 4.57. The molecule has 30 heavy (non-hydrogen) atoms. The van der Waals surface area contributed by atoms with Gasteiger partial charge in [-0.05, 0) is 49.5 Å². The molecule has 0 saturated heterocycles. The minimum atomic E-state index is -0.785. The number of rotatable bonds is 5. The first-order valence-electron chi connectivity index (χ1n) is 9.30. The van der Waals surface area contributed by atoms with Gasteiger partial charge in [-0.3, -0.25) is 4.79 Å². The van der Waals surface area contributed by atoms with E-state index < -0.39 is 23.7 Å². The summed E-state index contributed by atoms with van der Waals surface area (Å²) in [4.78, 5) is 28.3. The first-order chi connectivity index (χ1) is 14.3. The molecule has 3 rings (SSSR count). The number of esters is 1. The fourth-order valence-electron chi connectivity index (χ4n) is 3.44. The highest BCUT2D eigenvalue weighted by atomic mass is 35.5. The number of halogens is 3. The lowest BCUT2D eigenvalue weighted by Crippen LogP contribution is -2.29. The number of allylic oxidation sites excluding steroid dienone is 1. The van der Waals surface area contributed by atoms with Gasteiger partial charge in [0, 0.05) is 17.5 Å². The Bertz CT molecular complexity index is 1010. The maximum absolute atomic E-state index is 14.7. The van der Waals surface area contributed by atoms with Crippen LogP contribution in [0, 0.1) is 5.82 Å². The van der Waals surface area contributed by atoms with Gasteiger partial charge in [0.2, 0.25) is 0 Å². The second kappa shape index (κ2) is 9.55. The molecule has 158 valence electrons. The molecule has 1 aliphatic carbocycles. The summed E-state index contributed by atoms with van der Waals surface area (Å²) in [5.41, 5.74) is 8.09. The average molecular weight is 452 g/mol. The van der Waals surface area contributed by atoms with Gasteiger partial charge in [0.1, 0.15) is 11.0 Å². The van der Waals surface area contributed by atoms with Gasteiger partial charge in [0.05, 0.1) is 29.3 Å². The molecule has 0 saturated carbocycles. The summed E-state index contributed by atoms with van der Waals surface area (Å²) in [6.07, 6.45) is 4.29. The van der Waals surface area contributed by atoms with E-state index in [2.05, 4.69) is 15.0 Å². The summed E-state index contributed by atoms with van der Waals surface area (Å²) in [5.74, 6) is -1.75. The fourth-order valence-corrected chi connectivity index (χ4v) is 3.97. The highest BCUT2D eigenvalue weighted by Crippen LogP contribution is 2.33. The zero-order valence-electron chi connectivity index (χ0n) is 16.2. The molecule has 1 atom stereocenters. The van der Waals surface area contributed by atoms with E-state index >= 15 is 0 Å². The molecule has 9 heteroatoms. The number of pyridine rings is 1. The molecule has 1 unspecified atom stereocenters. The number of hydrogen-bond donors (Lipinski definition) is 2. The summed E-state index contributed by atoms with van der Waals surface area (Å²) in [6, 6.07) is 4.70. The number of carbonyl (C=O) groups excluding carboxylic acids is 2. The molecule has 0 aliphatic heterocycles. The zero-order valence-corrected chi connectivity index (χ0v) is 17.7. The molecule has 0 radical (unpaired) electrons. The molecule has 1 amide bonds. The lowest BCUT2D eigenvalue weighted by molar-refractivity contribution is 0.0600. The van der Waals surface area contributed by atoms with Crippen LogP contribution >= 0.6 is 23.2 Å². The molecular weight excluding hydrogens is 432 g/mol. The monoisotopic (exact) mass is 451 g/mol. The topological polar surface area (TPSA) is 94.3 Å². The van der Waals surface area contributed by atoms with Gasteiger partial charge in [-0.25, -0.2) is 14.2 Å². The summed E-state index contributed by atoms with van der Waals surface area (Å²) >= 11 is 12.1. The van der Waals surface area contributed by atoms with E-state index in [0.29, 0.717) is 18.5 Å². The van der Waals surface area contributed by atoms with Crippen molar-refractivity contribution in [3.63, 3.8) is 0 Å². The first-order valence-corrected chi connectivity index (χ1v) is 10.1. The number of aromatic nitrogens is 1. The van der Waals surface area contributed by atoms with Crippen LogP contribution < -0.4 is 11.1 Å². The van der Waals surface area contributed by atoms with Gasteiger partial charge in [-0.2, -0.15) is 0 Å². The maximum Gasteiger partial charge on any atom is 0.337 e. The minimum absolute atomic E-state index is 0.00768. The number of hydrogen-bond acceptors (Lipinski definition) is 5. The number of carbonyl (C=O) groups is 2. The Labute approximate surface area is 183 Å². The number of nitrogens with zero attached hydrogens (tertiary/aromatic N) is 1. The van der Waals surface area contributed by atoms with Gasteiger partial charge in [-0.15, -0.1) is 0 Å². The number of methoxy groups -OCH3 is 1. The van der Waals surface area contributed by atoms with Crippen LogP contribution in [0.25, 0.3) is 0 Å². The Morgan fingerprint density at radius 2 is 1.97 bits per heavy atom. The Kier molecular flexibility index (Phi) is 7.07. The van der Waals surface area contributed by atoms with Crippen molar-refractivity contribution in [1.82, 2.24) is 10.3 Å². The van der Waals surface area contributed by atoms with Gasteiger partial charge in [0.15, 0.2) is 0 Å². The third-order valence-corrected chi connectivity index (χ3v) is 5.59. The van der Waals surface area contributed by atoms with Crippen molar-refractivity contribution in [3.05, 3.63) is 74.4 Å². The summed E-state index contributed by atoms with van der Waals surface area (Å²) in [7, 11) is 1.22. The van der Waals surface area contributed by atoms with E-state index in [9.17, 15) is 14.0 Å². The quantitative estimate of drug-likeness (QED) is 0.512. The van der Waals surface area contributed by atoms with Crippen molar-refractivity contribution >= 4 is 35.1 Å². The molecule has 0 spiro atoms. The molecule has 1 aromatic carbocycles. The van der Waals surface area contributed by atoms with Crippen molar-refractivity contribution in [1.29, 1.82) is 0 Å². The minimum Gasteiger partial charge on any atom is -0.465 e. The molecule has 1 aromatic heterocycles. The molecule has 1 aliphatic rings. The van der Waals surface area contributed by atoms with Crippen LogP contribution in [-0.4, -0.2) is 24.0 Å². The van der Waals surface area contributed by atoms with E-state index in [1.165, 1.54) is 31.5 Å². The summed E-state index contributed by atoms with van der Waals surface area (Å²) < 4.78 is 19.3. The van der Waals surface area contributed by atoms with Crippen molar-refractivity contribution in [2.45, 2.75) is 31.7 Å². The SMILES string of the molecule is COC(=O)c1ccc(C(N)C2=C(NC(=O)c3c(Cl)ccnc3Cl)CCCC2)c(F)c1. The number of amides is 1. The predicted molar refractivity (Wildman–Crippen MR) is 112 cm³/mol. The van der Waals surface area contributed by atoms with Crippen LogP contribution in [0.4, 0.5) is 4.39 Å². The summed E-state index contributed by atoms with van der Waals surface area (Å²) in [5, 5.41) is 3.00. The molecule has 3 N–H and O–H groups in total. The molecule has 0 fully saturated rings. The van der Waals surface area contributed by atoms with Crippen LogP contribution in [0.2, 0.25) is 10.2 Å². The molecular formula is C21H20Cl2FN3O3. The van der Waals surface area contributed by atoms with Crippen LogP contribution in [-0.2, 0) is 4.74 Å². The Hall–Kier alpha value is -2.48. The molecule has 2 aromatic rings. The summed E-state index contributed by atoms with van der Waals surface area (Å²) in [6.45, 7) is 0. The lowest BCUT2D eigenvalue weighted by atomic mass is 9.87. The van der Waals surface area contributed by atoms with Crippen molar-refractivity contribution in [3.8, 4) is 0 Å². The van der Waals surface area contributed by atoms with Crippen molar-refractivity contribution < 1.29 is 18.7 Å². The molecule has 6 nitrogen and oxygen atoms in total. The normalized spacial score (nSPS) is 15.0. The van der Waals surface area contributed by atoms with Gasteiger partial charge < -0.3 is 15.8 Å². The second-order valence-corrected chi connectivity index (χ2v) is 7.59. The third-order valence-electron chi connectivity index (χ3n) is 4.99. The highest BCUT2D eigenvalue weighted by Gasteiger charge is 2.25. The van der Waals surface area contributed by atoms with Gasteiger partial charge >= 0.3 is 5.97 Å². The number of nitrogens with two attached hydrogens (primary N) is 1. The highest BCUT2D eigenvalue weighted by molar-refractivity contribution is 6.39. The number of ether oxygens (including phenoxy) is 1. The van der Waals surface area contributed by atoms with E-state index in [0.717, 1.165) is 24.5 Å². The standard InChI is InChI=1S/C21H20Cl2FN3O3/c1-30-21(29)11-6-7-12(15(24)10-11)18(25)13-4-2-3-5-16(13)27-20(28)17-14(22)8-9-26-19(17)23/h6-10,18H,2-5,25H2,1H3,(H,27,28). The zero-order chi connectivity index (χ0) is 21.8. The molecule has 1 heterocycles. The van der Waals surface area contributed by atoms with E-state index in [4.69, 9.17) is 28.9 Å². The first kappa shape index (κ1) is 22.2. The Morgan fingerprint density at radius 1 is 1.23 bits per heavy atom. The van der Waals surface area contributed by atoms with Crippen LogP contribution in [0.3, 0.4) is 0 Å². The van der Waals surface area contributed by atoms with Crippen LogP contribution in [0.1, 0.15) is 58.0 Å². The van der Waals surface area contributed by atoms with Gasteiger partial charge in [0.25, 0.3) is 5.91 Å². The van der Waals surface area contributed by atoms with Crippen molar-refractivity contribution in [2.24, 2.45) is 5.73 Å². The lowest BCUT2D eigenvalue weighted by Gasteiger charge is -2.26. The van der Waals surface area contributed by atoms with Crippen LogP contribution in [0.15, 0.2) is 41.7 Å². The Morgan fingerprint density at radius 3 is 2.63 bits per heavy atom. The van der Waals surface area contributed by atoms with Crippen LogP contribution in [0.5, 0.6) is 0 Å². The van der Waals surface area contributed by atoms with Crippen molar-refractivity contribution in [2.75, 3.05) is 7.11 Å². The average Bonchev–Trinajstić information content (AvgIpc) is 2.73. The third kappa shape index (κ3) is 4.64. The second-order valence-electron chi connectivity index (χ2n) is 6.83. The fraction of sp³-hybridized carbons (Fsp3) is 0.286. The Balaban J connectivity index is 1.92. The largest absolute Gasteiger partial charge is 0.465 e. The van der Waals surface area contributed by atoms with E-state index in [1.807, 2.05) is 0 Å². The molecule has 0 bridgehead atoms. The smallest absolute Gasteiger partial charge is 0.337 e. The maximum atomic E-state index is 14.7. The number of benzene rings is 1. The number of nitrogens with one attached hydrogen (secondary N) is 1.